The van der Waals surface area contributed by atoms with E-state index in [1.807, 2.05) is 26.0 Å². The Bertz CT molecular complexity index is 863. The van der Waals surface area contributed by atoms with E-state index < -0.39 is 0 Å². The van der Waals surface area contributed by atoms with Crippen molar-refractivity contribution in [1.82, 2.24) is 4.90 Å². The van der Waals surface area contributed by atoms with Gasteiger partial charge in [-0.05, 0) is 61.2 Å². The highest BCUT2D eigenvalue weighted by Crippen LogP contribution is 2.32. The second kappa shape index (κ2) is 10.8. The van der Waals surface area contributed by atoms with Crippen LogP contribution in [0.15, 0.2) is 30.3 Å². The third-order valence-corrected chi connectivity index (χ3v) is 4.66. The number of hydrogen-bond acceptors (Lipinski definition) is 5. The number of aryl methyl sites for hydroxylation is 1. The van der Waals surface area contributed by atoms with Gasteiger partial charge in [0.05, 0.1) is 27.4 Å². The normalized spacial score (nSPS) is 10.7. The van der Waals surface area contributed by atoms with Crippen molar-refractivity contribution in [3.05, 3.63) is 47.0 Å². The van der Waals surface area contributed by atoms with Crippen molar-refractivity contribution in [2.24, 2.45) is 5.92 Å². The molecule has 0 saturated heterocycles. The third-order valence-electron chi connectivity index (χ3n) is 4.66. The van der Waals surface area contributed by atoms with E-state index in [4.69, 9.17) is 18.9 Å². The maximum Gasteiger partial charge on any atom is 0.254 e. The highest BCUT2D eigenvalue weighted by atomic mass is 16.5. The molecule has 0 fully saturated rings. The molecule has 0 aliphatic heterocycles. The molecule has 2 aromatic carbocycles. The van der Waals surface area contributed by atoms with Gasteiger partial charge in [-0.25, -0.2) is 0 Å². The van der Waals surface area contributed by atoms with Gasteiger partial charge in [-0.1, -0.05) is 13.8 Å². The molecular formula is C24H33NO5. The smallest absolute Gasteiger partial charge is 0.254 e. The Balaban J connectivity index is 2.22. The summed E-state index contributed by atoms with van der Waals surface area (Å²) in [5, 5.41) is 0. The molecule has 0 bridgehead atoms. The Hall–Kier alpha value is -2.89. The van der Waals surface area contributed by atoms with E-state index in [2.05, 4.69) is 13.8 Å². The maximum atomic E-state index is 13.0. The molecular weight excluding hydrogens is 382 g/mol. The summed E-state index contributed by atoms with van der Waals surface area (Å²) in [5.41, 5.74) is 2.57. The average Bonchev–Trinajstić information content (AvgIpc) is 2.73. The molecule has 0 aromatic heterocycles. The van der Waals surface area contributed by atoms with Crippen LogP contribution in [-0.4, -0.2) is 45.3 Å². The van der Waals surface area contributed by atoms with Crippen LogP contribution in [0.25, 0.3) is 0 Å². The lowest BCUT2D eigenvalue weighted by atomic mass is 10.1. The van der Waals surface area contributed by atoms with Crippen molar-refractivity contribution in [3.63, 3.8) is 0 Å². The number of amides is 1. The van der Waals surface area contributed by atoms with Crippen molar-refractivity contribution in [2.45, 2.75) is 34.2 Å². The highest BCUT2D eigenvalue weighted by molar-refractivity contribution is 5.94. The van der Waals surface area contributed by atoms with E-state index in [0.29, 0.717) is 54.2 Å². The zero-order chi connectivity index (χ0) is 22.3. The number of hydrogen-bond donors (Lipinski definition) is 0. The first-order chi connectivity index (χ1) is 14.3. The molecule has 0 aliphatic carbocycles. The molecule has 6 heteroatoms. The molecule has 0 aliphatic rings. The molecule has 0 N–H and O–H groups in total. The first kappa shape index (κ1) is 23.4. The summed E-state index contributed by atoms with van der Waals surface area (Å²) >= 11 is 0. The standard InChI is InChI=1S/C24H33NO5/c1-8-29-23-12-18(9-10-20(23)30-15-16(2)3)24(26)25(5)14-19-13-22(28-7)21(27-6)11-17(19)4/h9-13,16H,8,14-15H2,1-7H3. The number of benzene rings is 2. The molecule has 2 aromatic rings. The van der Waals surface area contributed by atoms with Gasteiger partial charge in [0.1, 0.15) is 0 Å². The van der Waals surface area contributed by atoms with Gasteiger partial charge in [0.15, 0.2) is 23.0 Å². The molecule has 6 nitrogen and oxygen atoms in total. The van der Waals surface area contributed by atoms with Crippen molar-refractivity contribution in [3.8, 4) is 23.0 Å². The van der Waals surface area contributed by atoms with Gasteiger partial charge in [-0.3, -0.25) is 4.79 Å². The number of carbonyl (C=O) groups is 1. The second-order valence-electron chi connectivity index (χ2n) is 7.59. The van der Waals surface area contributed by atoms with E-state index in [1.165, 1.54) is 0 Å². The monoisotopic (exact) mass is 415 g/mol. The quantitative estimate of drug-likeness (QED) is 0.562. The van der Waals surface area contributed by atoms with Crippen LogP contribution in [-0.2, 0) is 6.54 Å². The average molecular weight is 416 g/mol. The van der Waals surface area contributed by atoms with Gasteiger partial charge in [-0.15, -0.1) is 0 Å². The van der Waals surface area contributed by atoms with Crippen LogP contribution < -0.4 is 18.9 Å². The summed E-state index contributed by atoms with van der Waals surface area (Å²) in [4.78, 5) is 14.7. The molecule has 0 unspecified atom stereocenters. The lowest BCUT2D eigenvalue weighted by molar-refractivity contribution is 0.0784. The molecule has 0 atom stereocenters. The number of methoxy groups -OCH3 is 2. The van der Waals surface area contributed by atoms with Crippen molar-refractivity contribution in [2.75, 3.05) is 34.5 Å². The van der Waals surface area contributed by atoms with Crippen LogP contribution in [0.4, 0.5) is 0 Å². The number of nitrogens with zero attached hydrogens (tertiary/aromatic N) is 1. The molecule has 0 heterocycles. The maximum absolute atomic E-state index is 13.0. The Morgan fingerprint density at radius 2 is 1.63 bits per heavy atom. The van der Waals surface area contributed by atoms with Crippen LogP contribution in [0, 0.1) is 12.8 Å². The molecule has 164 valence electrons. The topological polar surface area (TPSA) is 57.2 Å². The molecule has 0 saturated carbocycles. The molecule has 1 amide bonds. The minimum Gasteiger partial charge on any atom is -0.493 e. The van der Waals surface area contributed by atoms with Gasteiger partial charge in [0.2, 0.25) is 0 Å². The predicted molar refractivity (Wildman–Crippen MR) is 118 cm³/mol. The fraction of sp³-hybridized carbons (Fsp3) is 0.458. The van der Waals surface area contributed by atoms with Gasteiger partial charge in [0.25, 0.3) is 5.91 Å². The summed E-state index contributed by atoms with van der Waals surface area (Å²) in [6.45, 7) is 9.60. The van der Waals surface area contributed by atoms with Crippen LogP contribution in [0.1, 0.15) is 42.3 Å². The first-order valence-corrected chi connectivity index (χ1v) is 10.2. The van der Waals surface area contributed by atoms with Crippen LogP contribution in [0.3, 0.4) is 0 Å². The second-order valence-corrected chi connectivity index (χ2v) is 7.59. The third kappa shape index (κ3) is 5.81. The van der Waals surface area contributed by atoms with Gasteiger partial charge in [-0.2, -0.15) is 0 Å². The summed E-state index contributed by atoms with van der Waals surface area (Å²) in [7, 11) is 4.99. The molecule has 0 spiro atoms. The highest BCUT2D eigenvalue weighted by Gasteiger charge is 2.18. The summed E-state index contributed by atoms with van der Waals surface area (Å²) in [5.74, 6) is 2.85. The fourth-order valence-corrected chi connectivity index (χ4v) is 3.03. The van der Waals surface area contributed by atoms with Gasteiger partial charge in [0, 0.05) is 19.2 Å². The van der Waals surface area contributed by atoms with Gasteiger partial charge < -0.3 is 23.8 Å². The summed E-state index contributed by atoms with van der Waals surface area (Å²) < 4.78 is 22.3. The minimum atomic E-state index is -0.0967. The SMILES string of the molecule is CCOc1cc(C(=O)N(C)Cc2cc(OC)c(OC)cc2C)ccc1OCC(C)C. The van der Waals surface area contributed by atoms with Crippen molar-refractivity contribution < 1.29 is 23.7 Å². The van der Waals surface area contributed by atoms with Crippen LogP contribution in [0.5, 0.6) is 23.0 Å². The lowest BCUT2D eigenvalue weighted by Gasteiger charge is -2.21. The Morgan fingerprint density at radius 3 is 2.23 bits per heavy atom. The van der Waals surface area contributed by atoms with Gasteiger partial charge >= 0.3 is 0 Å². The largest absolute Gasteiger partial charge is 0.493 e. The summed E-state index contributed by atoms with van der Waals surface area (Å²) in [6.07, 6.45) is 0. The number of carbonyl (C=O) groups excluding carboxylic acids is 1. The molecule has 0 radical (unpaired) electrons. The van der Waals surface area contributed by atoms with E-state index in [1.54, 1.807) is 44.4 Å². The minimum absolute atomic E-state index is 0.0967. The molecule has 2 rings (SSSR count). The fourth-order valence-electron chi connectivity index (χ4n) is 3.03. The number of rotatable bonds is 10. The van der Waals surface area contributed by atoms with E-state index in [9.17, 15) is 4.79 Å². The zero-order valence-electron chi connectivity index (χ0n) is 19.1. The van der Waals surface area contributed by atoms with Crippen LogP contribution >= 0.6 is 0 Å². The zero-order valence-corrected chi connectivity index (χ0v) is 19.1. The van der Waals surface area contributed by atoms with Crippen LogP contribution in [0.2, 0.25) is 0 Å². The van der Waals surface area contributed by atoms with E-state index in [-0.39, 0.29) is 5.91 Å². The van der Waals surface area contributed by atoms with E-state index >= 15 is 0 Å². The summed E-state index contributed by atoms with van der Waals surface area (Å²) in [6, 6.07) is 9.15. The van der Waals surface area contributed by atoms with E-state index in [0.717, 1.165) is 11.1 Å². The van der Waals surface area contributed by atoms with Crippen molar-refractivity contribution in [1.29, 1.82) is 0 Å². The van der Waals surface area contributed by atoms with Crippen molar-refractivity contribution >= 4 is 5.91 Å². The molecule has 30 heavy (non-hydrogen) atoms. The Labute approximate surface area is 179 Å². The lowest BCUT2D eigenvalue weighted by Crippen LogP contribution is -2.26. The predicted octanol–water partition coefficient (Wildman–Crippen LogP) is 4.72. The Kier molecular flexibility index (Phi) is 8.39. The first-order valence-electron chi connectivity index (χ1n) is 10.2. The number of ether oxygens (including phenoxy) is 4. The Morgan fingerprint density at radius 1 is 0.967 bits per heavy atom.